The molecule has 2 aromatic carbocycles. The van der Waals surface area contributed by atoms with Gasteiger partial charge in [0.05, 0.1) is 21.8 Å². The molecule has 1 amide bonds. The Hall–Kier alpha value is -3.00. The molecular weight excluding hydrogens is 446 g/mol. The first-order valence-corrected chi connectivity index (χ1v) is 9.31. The summed E-state index contributed by atoms with van der Waals surface area (Å²) in [4.78, 5) is 12.4. The van der Waals surface area contributed by atoms with E-state index in [1.165, 1.54) is 6.08 Å². The lowest BCUT2D eigenvalue weighted by atomic mass is 10.1. The van der Waals surface area contributed by atoms with Gasteiger partial charge in [-0.15, -0.1) is 0 Å². The number of amides is 1. The highest BCUT2D eigenvalue weighted by atomic mass is 79.9. The molecular formula is C20H15BrClN3O3. The molecule has 0 saturated carbocycles. The van der Waals surface area contributed by atoms with Gasteiger partial charge in [-0.3, -0.25) is 4.79 Å². The van der Waals surface area contributed by atoms with Crippen LogP contribution in [-0.2, 0) is 4.79 Å². The van der Waals surface area contributed by atoms with Crippen LogP contribution in [-0.4, -0.2) is 19.1 Å². The van der Waals surface area contributed by atoms with Gasteiger partial charge in [-0.05, 0) is 58.8 Å². The molecule has 0 bridgehead atoms. The highest BCUT2D eigenvalue weighted by Gasteiger charge is 2.15. The van der Waals surface area contributed by atoms with Gasteiger partial charge in [-0.25, -0.2) is 0 Å². The third-order valence-corrected chi connectivity index (χ3v) is 4.33. The number of rotatable bonds is 7. The van der Waals surface area contributed by atoms with Gasteiger partial charge in [0.1, 0.15) is 17.7 Å². The van der Waals surface area contributed by atoms with Crippen molar-refractivity contribution >= 4 is 45.2 Å². The van der Waals surface area contributed by atoms with Crippen molar-refractivity contribution in [2.24, 2.45) is 0 Å². The Labute approximate surface area is 176 Å². The van der Waals surface area contributed by atoms with E-state index in [1.807, 2.05) is 19.1 Å². The fraction of sp³-hybridized carbons (Fsp3) is 0.150. The summed E-state index contributed by atoms with van der Waals surface area (Å²) in [7, 11) is 0. The molecule has 0 saturated heterocycles. The van der Waals surface area contributed by atoms with Crippen LogP contribution >= 0.6 is 27.5 Å². The van der Waals surface area contributed by atoms with Crippen LogP contribution in [0.3, 0.4) is 0 Å². The molecule has 2 aromatic rings. The number of anilines is 1. The van der Waals surface area contributed by atoms with Gasteiger partial charge in [-0.1, -0.05) is 23.7 Å². The minimum atomic E-state index is -0.588. The number of hydrogen-bond donors (Lipinski definition) is 1. The predicted octanol–water partition coefficient (Wildman–Crippen LogP) is 4.95. The molecule has 0 unspecified atom stereocenters. The van der Waals surface area contributed by atoms with E-state index < -0.39 is 5.91 Å². The number of carbonyl (C=O) groups excluding carboxylic acids is 1. The van der Waals surface area contributed by atoms with E-state index in [1.54, 1.807) is 36.4 Å². The zero-order valence-corrected chi connectivity index (χ0v) is 17.2. The second-order valence-electron chi connectivity index (χ2n) is 5.31. The first-order valence-electron chi connectivity index (χ1n) is 8.13. The zero-order chi connectivity index (χ0) is 20.5. The molecule has 1 N–H and O–H groups in total. The van der Waals surface area contributed by atoms with Gasteiger partial charge in [0, 0.05) is 0 Å². The molecule has 142 valence electrons. The number of halogens is 2. The molecule has 0 aromatic heterocycles. The van der Waals surface area contributed by atoms with Gasteiger partial charge < -0.3 is 14.8 Å². The number of benzene rings is 2. The van der Waals surface area contributed by atoms with Gasteiger partial charge in [0.25, 0.3) is 5.91 Å². The smallest absolute Gasteiger partial charge is 0.266 e. The van der Waals surface area contributed by atoms with E-state index in [2.05, 4.69) is 21.2 Å². The molecule has 8 heteroatoms. The van der Waals surface area contributed by atoms with Crippen molar-refractivity contribution in [3.05, 3.63) is 57.0 Å². The molecule has 0 aliphatic rings. The van der Waals surface area contributed by atoms with Crippen LogP contribution in [0.15, 0.2) is 46.4 Å². The van der Waals surface area contributed by atoms with Gasteiger partial charge in [-0.2, -0.15) is 10.5 Å². The van der Waals surface area contributed by atoms with E-state index in [9.17, 15) is 10.1 Å². The van der Waals surface area contributed by atoms with Crippen LogP contribution < -0.4 is 14.8 Å². The van der Waals surface area contributed by atoms with Crippen LogP contribution in [0.25, 0.3) is 6.08 Å². The SMILES string of the molecule is CCOc1cc(/C=C(\C#N)C(=O)Nc2ccccc2Cl)cc(Br)c1OCC#N. The lowest BCUT2D eigenvalue weighted by Gasteiger charge is -2.13. The third-order valence-electron chi connectivity index (χ3n) is 3.41. The molecule has 0 fully saturated rings. The second-order valence-corrected chi connectivity index (χ2v) is 6.58. The van der Waals surface area contributed by atoms with E-state index in [0.717, 1.165) is 0 Å². The number of para-hydroxylation sites is 1. The average Bonchev–Trinajstić information content (AvgIpc) is 2.67. The van der Waals surface area contributed by atoms with E-state index in [-0.39, 0.29) is 12.2 Å². The maximum absolute atomic E-state index is 12.4. The normalized spacial score (nSPS) is 10.5. The molecule has 6 nitrogen and oxygen atoms in total. The largest absolute Gasteiger partial charge is 0.490 e. The monoisotopic (exact) mass is 459 g/mol. The van der Waals surface area contributed by atoms with Crippen LogP contribution in [0, 0.1) is 22.7 Å². The highest BCUT2D eigenvalue weighted by Crippen LogP contribution is 2.37. The van der Waals surface area contributed by atoms with Crippen molar-refractivity contribution < 1.29 is 14.3 Å². The number of nitriles is 2. The molecule has 0 spiro atoms. The number of hydrogen-bond acceptors (Lipinski definition) is 5. The summed E-state index contributed by atoms with van der Waals surface area (Å²) >= 11 is 9.40. The number of nitrogens with zero attached hydrogens (tertiary/aromatic N) is 2. The summed E-state index contributed by atoms with van der Waals surface area (Å²) in [5, 5.41) is 21.1. The maximum Gasteiger partial charge on any atom is 0.266 e. The van der Waals surface area contributed by atoms with E-state index in [0.29, 0.717) is 38.9 Å². The standard InChI is InChI=1S/C20H15BrClN3O3/c1-2-27-18-11-13(10-15(21)19(18)28-8-7-23)9-14(12-24)20(26)25-17-6-4-3-5-16(17)22/h3-6,9-11H,2,8H2,1H3,(H,25,26)/b14-9+. The summed E-state index contributed by atoms with van der Waals surface area (Å²) in [5.41, 5.74) is 0.845. The van der Waals surface area contributed by atoms with Crippen LogP contribution in [0.2, 0.25) is 5.02 Å². The van der Waals surface area contributed by atoms with Crippen molar-refractivity contribution in [3.63, 3.8) is 0 Å². The molecule has 28 heavy (non-hydrogen) atoms. The van der Waals surface area contributed by atoms with Crippen molar-refractivity contribution in [1.29, 1.82) is 10.5 Å². The van der Waals surface area contributed by atoms with Crippen LogP contribution in [0.5, 0.6) is 11.5 Å². The molecule has 0 radical (unpaired) electrons. The first-order chi connectivity index (χ1) is 13.5. The number of ether oxygens (including phenoxy) is 2. The first kappa shape index (κ1) is 21.3. The molecule has 0 aliphatic carbocycles. The Morgan fingerprint density at radius 1 is 1.29 bits per heavy atom. The number of carbonyl (C=O) groups is 1. The molecule has 0 aliphatic heterocycles. The predicted molar refractivity (Wildman–Crippen MR) is 110 cm³/mol. The number of nitrogens with one attached hydrogen (secondary N) is 1. The molecule has 2 rings (SSSR count). The summed E-state index contributed by atoms with van der Waals surface area (Å²) in [6, 6.07) is 13.8. The molecule has 0 atom stereocenters. The van der Waals surface area contributed by atoms with Crippen molar-refractivity contribution in [2.45, 2.75) is 6.92 Å². The van der Waals surface area contributed by atoms with Crippen molar-refractivity contribution in [1.82, 2.24) is 0 Å². The Balaban J connectivity index is 2.35. The Morgan fingerprint density at radius 2 is 2.04 bits per heavy atom. The van der Waals surface area contributed by atoms with Gasteiger partial charge in [0.15, 0.2) is 18.1 Å². The second kappa shape index (κ2) is 10.4. The van der Waals surface area contributed by atoms with Crippen LogP contribution in [0.1, 0.15) is 12.5 Å². The van der Waals surface area contributed by atoms with Gasteiger partial charge in [0.2, 0.25) is 0 Å². The minimum Gasteiger partial charge on any atom is -0.490 e. The Kier molecular flexibility index (Phi) is 7.88. The third kappa shape index (κ3) is 5.50. The fourth-order valence-electron chi connectivity index (χ4n) is 2.25. The lowest BCUT2D eigenvalue weighted by Crippen LogP contribution is -2.13. The quantitative estimate of drug-likeness (QED) is 0.466. The maximum atomic E-state index is 12.4. The van der Waals surface area contributed by atoms with Crippen molar-refractivity contribution in [3.8, 4) is 23.6 Å². The molecule has 0 heterocycles. The summed E-state index contributed by atoms with van der Waals surface area (Å²) in [5.74, 6) is 0.177. The Morgan fingerprint density at radius 3 is 2.68 bits per heavy atom. The average molecular weight is 461 g/mol. The summed E-state index contributed by atoms with van der Waals surface area (Å²) < 4.78 is 11.5. The topological polar surface area (TPSA) is 95.1 Å². The highest BCUT2D eigenvalue weighted by molar-refractivity contribution is 9.10. The summed E-state index contributed by atoms with van der Waals surface area (Å²) in [6.45, 7) is 2.04. The fourth-order valence-corrected chi connectivity index (χ4v) is 3.00. The Bertz CT molecular complexity index is 993. The zero-order valence-electron chi connectivity index (χ0n) is 14.8. The van der Waals surface area contributed by atoms with Crippen molar-refractivity contribution in [2.75, 3.05) is 18.5 Å². The summed E-state index contributed by atoms with van der Waals surface area (Å²) in [6.07, 6.45) is 1.42. The van der Waals surface area contributed by atoms with Crippen LogP contribution in [0.4, 0.5) is 5.69 Å². The minimum absolute atomic E-state index is 0.111. The van der Waals surface area contributed by atoms with Gasteiger partial charge >= 0.3 is 0 Å². The van der Waals surface area contributed by atoms with E-state index in [4.69, 9.17) is 26.3 Å². The lowest BCUT2D eigenvalue weighted by molar-refractivity contribution is -0.112. The van der Waals surface area contributed by atoms with E-state index >= 15 is 0 Å².